The molecule has 0 saturated heterocycles. The number of carboxylic acids is 1. The molecule has 0 aliphatic rings. The van der Waals surface area contributed by atoms with Crippen molar-refractivity contribution in [2.45, 2.75) is 64.3 Å². The van der Waals surface area contributed by atoms with E-state index in [1.165, 1.54) is 18.7 Å². The van der Waals surface area contributed by atoms with E-state index in [4.69, 9.17) is 9.47 Å². The van der Waals surface area contributed by atoms with Crippen molar-refractivity contribution < 1.29 is 29.0 Å². The summed E-state index contributed by atoms with van der Waals surface area (Å²) >= 11 is 1.32. The Hall–Kier alpha value is -1.44. The third kappa shape index (κ3) is 9.32. The minimum Gasteiger partial charge on any atom is -0.480 e. The molecule has 0 fully saturated rings. The van der Waals surface area contributed by atoms with Gasteiger partial charge in [0.2, 0.25) is 6.29 Å². The maximum absolute atomic E-state index is 11.6. The highest BCUT2D eigenvalue weighted by Crippen LogP contribution is 2.23. The summed E-state index contributed by atoms with van der Waals surface area (Å²) in [6, 6.07) is 0. The third-order valence-corrected chi connectivity index (χ3v) is 4.75. The molecule has 0 aromatic carbocycles. The van der Waals surface area contributed by atoms with Crippen molar-refractivity contribution in [3.63, 3.8) is 0 Å². The van der Waals surface area contributed by atoms with E-state index < -0.39 is 29.6 Å². The topological polar surface area (TPSA) is 102 Å². The van der Waals surface area contributed by atoms with Crippen LogP contribution in [0.15, 0.2) is 0 Å². The Labute approximate surface area is 141 Å². The Morgan fingerprint density at radius 2 is 1.65 bits per heavy atom. The van der Waals surface area contributed by atoms with Crippen molar-refractivity contribution in [3.8, 4) is 0 Å². The monoisotopic (exact) mass is 349 g/mol. The van der Waals surface area contributed by atoms with Crippen LogP contribution in [0.2, 0.25) is 0 Å². The Kier molecular flexibility index (Phi) is 10.5. The Morgan fingerprint density at radius 3 is 2.09 bits per heavy atom. The molecule has 134 valence electrons. The zero-order valence-electron chi connectivity index (χ0n) is 14.3. The Bertz CT molecular complexity index is 397. The first kappa shape index (κ1) is 21.6. The Balaban J connectivity index is 4.31. The average Bonchev–Trinajstić information content (AvgIpc) is 2.46. The van der Waals surface area contributed by atoms with Gasteiger partial charge in [0, 0.05) is 18.7 Å². The molecule has 0 aromatic rings. The van der Waals surface area contributed by atoms with Crippen molar-refractivity contribution in [3.05, 3.63) is 0 Å². The predicted octanol–water partition coefficient (Wildman–Crippen LogP) is 2.63. The second-order valence-corrected chi connectivity index (χ2v) is 6.85. The van der Waals surface area contributed by atoms with E-state index in [2.05, 4.69) is 5.32 Å². The van der Waals surface area contributed by atoms with Crippen molar-refractivity contribution in [1.29, 1.82) is 0 Å². The van der Waals surface area contributed by atoms with Gasteiger partial charge in [-0.25, -0.2) is 4.79 Å². The molecular weight excluding hydrogens is 322 g/mol. The van der Waals surface area contributed by atoms with Gasteiger partial charge in [-0.1, -0.05) is 27.7 Å². The number of hydrogen-bond donors (Lipinski definition) is 2. The average molecular weight is 349 g/mol. The van der Waals surface area contributed by atoms with E-state index >= 15 is 0 Å². The van der Waals surface area contributed by atoms with Gasteiger partial charge in [-0.2, -0.15) is 0 Å². The van der Waals surface area contributed by atoms with Gasteiger partial charge in [-0.3, -0.25) is 9.59 Å². The summed E-state index contributed by atoms with van der Waals surface area (Å²) in [6.07, 6.45) is -0.125. The molecule has 2 atom stereocenters. The lowest BCUT2D eigenvalue weighted by molar-refractivity contribution is -0.168. The molecule has 0 rings (SSSR count). The van der Waals surface area contributed by atoms with Crippen LogP contribution in [0, 0.1) is 5.92 Å². The highest BCUT2D eigenvalue weighted by atomic mass is 32.2. The molecule has 0 saturated carbocycles. The molecule has 0 radical (unpaired) electrons. The fourth-order valence-corrected chi connectivity index (χ4v) is 2.74. The molecular formula is C15H27NO6S. The van der Waals surface area contributed by atoms with Gasteiger partial charge < -0.3 is 19.9 Å². The fourth-order valence-electron chi connectivity index (χ4n) is 1.60. The van der Waals surface area contributed by atoms with Crippen molar-refractivity contribution in [1.82, 2.24) is 5.32 Å². The highest BCUT2D eigenvalue weighted by Gasteiger charge is 2.23. The fraction of sp³-hybridized carbons (Fsp3) is 0.800. The maximum Gasteiger partial charge on any atom is 0.410 e. The molecule has 0 bridgehead atoms. The van der Waals surface area contributed by atoms with Gasteiger partial charge in [0.05, 0.1) is 5.92 Å². The van der Waals surface area contributed by atoms with Gasteiger partial charge in [-0.15, -0.1) is 11.8 Å². The van der Waals surface area contributed by atoms with Gasteiger partial charge in [0.25, 0.3) is 0 Å². The quantitative estimate of drug-likeness (QED) is 0.462. The van der Waals surface area contributed by atoms with Gasteiger partial charge >= 0.3 is 18.0 Å². The number of rotatable bonds is 10. The lowest BCUT2D eigenvalue weighted by atomic mass is 10.2. The summed E-state index contributed by atoms with van der Waals surface area (Å²) in [5.41, 5.74) is 0. The van der Waals surface area contributed by atoms with Crippen LogP contribution in [0.4, 0.5) is 4.79 Å². The molecule has 0 aliphatic carbocycles. The van der Waals surface area contributed by atoms with Crippen LogP contribution in [0.25, 0.3) is 0 Å². The number of alkyl carbamates (subject to hydrolysis) is 1. The van der Waals surface area contributed by atoms with Crippen LogP contribution >= 0.6 is 11.8 Å². The number of nitrogens with one attached hydrogen (secondary N) is 1. The smallest absolute Gasteiger partial charge is 0.410 e. The van der Waals surface area contributed by atoms with E-state index in [-0.39, 0.29) is 17.7 Å². The molecule has 0 unspecified atom stereocenters. The number of esters is 1. The molecule has 0 heterocycles. The van der Waals surface area contributed by atoms with Crippen LogP contribution in [0.3, 0.4) is 0 Å². The van der Waals surface area contributed by atoms with Crippen LogP contribution < -0.4 is 5.32 Å². The zero-order chi connectivity index (χ0) is 18.0. The number of carboxylic acid groups (broad SMARTS) is 1. The van der Waals surface area contributed by atoms with Gasteiger partial charge in [-0.05, 0) is 12.8 Å². The standard InChI is InChI=1S/C15H27NO6S/c1-6-11(7-2)23-12(13(17)18)8-16-15(20)22-10(5)21-14(19)9(3)4/h9-12H,6-8H2,1-5H3,(H,16,20)(H,17,18)/t10-,12-/m0/s1. The first-order valence-corrected chi connectivity index (χ1v) is 8.68. The molecule has 23 heavy (non-hydrogen) atoms. The second kappa shape index (κ2) is 11.2. The van der Waals surface area contributed by atoms with E-state index in [9.17, 15) is 19.5 Å². The first-order valence-electron chi connectivity index (χ1n) is 7.74. The predicted molar refractivity (Wildman–Crippen MR) is 88.3 cm³/mol. The maximum atomic E-state index is 11.6. The lowest BCUT2D eigenvalue weighted by Gasteiger charge is -2.20. The van der Waals surface area contributed by atoms with Crippen molar-refractivity contribution >= 4 is 29.8 Å². The molecule has 0 aliphatic heterocycles. The molecule has 2 N–H and O–H groups in total. The minimum absolute atomic E-state index is 0.0554. The van der Waals surface area contributed by atoms with Crippen molar-refractivity contribution in [2.75, 3.05) is 6.54 Å². The molecule has 8 heteroatoms. The third-order valence-electron chi connectivity index (χ3n) is 3.00. The summed E-state index contributed by atoms with van der Waals surface area (Å²) in [4.78, 5) is 34.2. The van der Waals surface area contributed by atoms with E-state index in [0.717, 1.165) is 12.8 Å². The number of ether oxygens (including phenoxy) is 2. The molecule has 0 spiro atoms. The largest absolute Gasteiger partial charge is 0.480 e. The van der Waals surface area contributed by atoms with E-state index in [1.807, 2.05) is 13.8 Å². The van der Waals surface area contributed by atoms with E-state index in [1.54, 1.807) is 13.8 Å². The van der Waals surface area contributed by atoms with Gasteiger partial charge in [0.1, 0.15) is 5.25 Å². The number of aliphatic carboxylic acids is 1. The summed E-state index contributed by atoms with van der Waals surface area (Å²) < 4.78 is 9.76. The first-order chi connectivity index (χ1) is 10.7. The normalized spacial score (nSPS) is 13.5. The SMILES string of the molecule is CCC(CC)S[C@@H](CNC(=O)O[C@@H](C)OC(=O)C(C)C)C(=O)O. The number of thioether (sulfide) groups is 1. The number of carbonyl (C=O) groups is 3. The van der Waals surface area contributed by atoms with Crippen molar-refractivity contribution in [2.24, 2.45) is 5.92 Å². The van der Waals surface area contributed by atoms with Crippen LogP contribution in [-0.2, 0) is 19.1 Å². The summed E-state index contributed by atoms with van der Waals surface area (Å²) in [5.74, 6) is -1.78. The summed E-state index contributed by atoms with van der Waals surface area (Å²) in [6.45, 7) is 8.69. The summed E-state index contributed by atoms with van der Waals surface area (Å²) in [5, 5.41) is 11.1. The van der Waals surface area contributed by atoms with Gasteiger partial charge in [0.15, 0.2) is 0 Å². The minimum atomic E-state index is -1.03. The second-order valence-electron chi connectivity index (χ2n) is 5.35. The molecule has 7 nitrogen and oxygen atoms in total. The van der Waals surface area contributed by atoms with E-state index in [0.29, 0.717) is 0 Å². The zero-order valence-corrected chi connectivity index (χ0v) is 15.1. The summed E-state index contributed by atoms with van der Waals surface area (Å²) in [7, 11) is 0. The van der Waals surface area contributed by atoms with Crippen LogP contribution in [0.5, 0.6) is 0 Å². The Morgan fingerprint density at radius 1 is 1.09 bits per heavy atom. The number of amides is 1. The highest BCUT2D eigenvalue weighted by molar-refractivity contribution is 8.01. The van der Waals surface area contributed by atoms with Crippen LogP contribution in [-0.4, -0.2) is 46.5 Å². The molecule has 1 amide bonds. The van der Waals surface area contributed by atoms with Crippen LogP contribution in [0.1, 0.15) is 47.5 Å². The number of carbonyl (C=O) groups excluding carboxylic acids is 2. The molecule has 0 aromatic heterocycles. The number of hydrogen-bond acceptors (Lipinski definition) is 6. The lowest BCUT2D eigenvalue weighted by Crippen LogP contribution is -2.38.